The van der Waals surface area contributed by atoms with Crippen molar-refractivity contribution >= 4 is 23.2 Å². The Kier molecular flexibility index (Phi) is 4.51. The number of rotatable bonds is 4. The number of hydrogen-bond acceptors (Lipinski definition) is 3. The smallest absolute Gasteiger partial charge is 0.138 e. The lowest BCUT2D eigenvalue weighted by molar-refractivity contribution is 0.110. The molecular weight excluding hydrogens is 261 g/mol. The van der Waals surface area contributed by atoms with Crippen LogP contribution < -0.4 is 5.32 Å². The molecule has 17 heavy (non-hydrogen) atoms. The number of hydrogen-bond donors (Lipinski definition) is 2. The standard InChI is InChI=1S/C12H15Cl2NO2/c13-9-4-8(12(16)11(14)5-9)6-15-7-10-2-1-3-17-10/h4-5,10,15-16H,1-3,6-7H2/t10-/m1/s1. The number of halogens is 2. The van der Waals surface area contributed by atoms with E-state index in [1.165, 1.54) is 6.07 Å². The van der Waals surface area contributed by atoms with E-state index in [-0.39, 0.29) is 16.9 Å². The van der Waals surface area contributed by atoms with Gasteiger partial charge in [-0.25, -0.2) is 0 Å². The van der Waals surface area contributed by atoms with Crippen LogP contribution in [0, 0.1) is 0 Å². The first kappa shape index (κ1) is 13.0. The van der Waals surface area contributed by atoms with Crippen LogP contribution in [0.25, 0.3) is 0 Å². The van der Waals surface area contributed by atoms with Gasteiger partial charge in [-0.05, 0) is 25.0 Å². The van der Waals surface area contributed by atoms with Crippen LogP contribution in [0.5, 0.6) is 5.75 Å². The number of ether oxygens (including phenoxy) is 1. The second-order valence-corrected chi connectivity index (χ2v) is 5.00. The van der Waals surface area contributed by atoms with E-state index in [1.807, 2.05) is 0 Å². The Morgan fingerprint density at radius 1 is 1.41 bits per heavy atom. The molecule has 1 atom stereocenters. The molecule has 0 aliphatic carbocycles. The van der Waals surface area contributed by atoms with Gasteiger partial charge >= 0.3 is 0 Å². The van der Waals surface area contributed by atoms with Crippen LogP contribution in [0.1, 0.15) is 18.4 Å². The molecule has 1 heterocycles. The molecule has 5 heteroatoms. The first-order valence-electron chi connectivity index (χ1n) is 5.66. The Labute approximate surface area is 111 Å². The predicted octanol–water partition coefficient (Wildman–Crippen LogP) is 2.97. The van der Waals surface area contributed by atoms with E-state index in [0.29, 0.717) is 17.1 Å². The highest BCUT2D eigenvalue weighted by molar-refractivity contribution is 6.35. The van der Waals surface area contributed by atoms with Gasteiger partial charge in [0.2, 0.25) is 0 Å². The molecule has 0 saturated carbocycles. The molecule has 1 aromatic rings. The molecule has 1 aliphatic rings. The molecule has 94 valence electrons. The Balaban J connectivity index is 1.89. The summed E-state index contributed by atoms with van der Waals surface area (Å²) in [6, 6.07) is 3.24. The number of benzene rings is 1. The second-order valence-electron chi connectivity index (χ2n) is 4.16. The third-order valence-corrected chi connectivity index (χ3v) is 3.32. The normalized spacial score (nSPS) is 19.8. The first-order valence-corrected chi connectivity index (χ1v) is 6.41. The van der Waals surface area contributed by atoms with Crippen LogP contribution in [0.3, 0.4) is 0 Å². The zero-order valence-corrected chi connectivity index (χ0v) is 10.9. The van der Waals surface area contributed by atoms with E-state index in [0.717, 1.165) is 26.0 Å². The van der Waals surface area contributed by atoms with E-state index < -0.39 is 0 Å². The number of aromatic hydroxyl groups is 1. The maximum Gasteiger partial charge on any atom is 0.138 e. The highest BCUT2D eigenvalue weighted by Gasteiger charge is 2.15. The Morgan fingerprint density at radius 3 is 2.94 bits per heavy atom. The van der Waals surface area contributed by atoms with Gasteiger partial charge in [-0.15, -0.1) is 0 Å². The van der Waals surface area contributed by atoms with Gasteiger partial charge in [0, 0.05) is 30.3 Å². The largest absolute Gasteiger partial charge is 0.506 e. The van der Waals surface area contributed by atoms with Gasteiger partial charge in [-0.1, -0.05) is 23.2 Å². The van der Waals surface area contributed by atoms with Crippen LogP contribution >= 0.6 is 23.2 Å². The predicted molar refractivity (Wildman–Crippen MR) is 68.8 cm³/mol. The maximum absolute atomic E-state index is 9.75. The van der Waals surface area contributed by atoms with Gasteiger partial charge < -0.3 is 15.2 Å². The molecule has 0 amide bonds. The lowest BCUT2D eigenvalue weighted by Crippen LogP contribution is -2.25. The van der Waals surface area contributed by atoms with Gasteiger partial charge in [-0.3, -0.25) is 0 Å². The summed E-state index contributed by atoms with van der Waals surface area (Å²) in [5.74, 6) is 0.0934. The molecule has 0 spiro atoms. The van der Waals surface area contributed by atoms with Crippen molar-refractivity contribution in [1.29, 1.82) is 0 Å². The van der Waals surface area contributed by atoms with Crippen molar-refractivity contribution in [3.8, 4) is 5.75 Å². The fraction of sp³-hybridized carbons (Fsp3) is 0.500. The number of nitrogens with one attached hydrogen (secondary N) is 1. The summed E-state index contributed by atoms with van der Waals surface area (Å²) in [6.07, 6.45) is 2.50. The van der Waals surface area contributed by atoms with Crippen LogP contribution in [-0.4, -0.2) is 24.4 Å². The van der Waals surface area contributed by atoms with Crippen LogP contribution in [0.4, 0.5) is 0 Å². The van der Waals surface area contributed by atoms with E-state index in [4.69, 9.17) is 27.9 Å². The molecular formula is C12H15Cl2NO2. The minimum Gasteiger partial charge on any atom is -0.506 e. The topological polar surface area (TPSA) is 41.5 Å². The Hall–Kier alpha value is -0.480. The molecule has 1 aliphatic heterocycles. The average Bonchev–Trinajstić information content (AvgIpc) is 2.78. The van der Waals surface area contributed by atoms with Crippen LogP contribution in [0.15, 0.2) is 12.1 Å². The summed E-state index contributed by atoms with van der Waals surface area (Å²) in [5.41, 5.74) is 0.709. The second kappa shape index (κ2) is 5.91. The lowest BCUT2D eigenvalue weighted by Gasteiger charge is -2.12. The zero-order chi connectivity index (χ0) is 12.3. The van der Waals surface area contributed by atoms with E-state index in [2.05, 4.69) is 5.32 Å². The van der Waals surface area contributed by atoms with Gasteiger partial charge in [-0.2, -0.15) is 0 Å². The Bertz CT molecular complexity index is 392. The molecule has 0 bridgehead atoms. The molecule has 2 rings (SSSR count). The summed E-state index contributed by atoms with van der Waals surface area (Å²) >= 11 is 11.7. The maximum atomic E-state index is 9.75. The fourth-order valence-corrected chi connectivity index (χ4v) is 2.46. The molecule has 1 saturated heterocycles. The summed E-state index contributed by atoms with van der Waals surface area (Å²) in [6.45, 7) is 2.16. The number of phenols is 1. The summed E-state index contributed by atoms with van der Waals surface area (Å²) in [4.78, 5) is 0. The van der Waals surface area contributed by atoms with Crippen molar-refractivity contribution in [3.63, 3.8) is 0 Å². The van der Waals surface area contributed by atoms with Crippen molar-refractivity contribution in [1.82, 2.24) is 5.32 Å². The van der Waals surface area contributed by atoms with Crippen molar-refractivity contribution in [3.05, 3.63) is 27.7 Å². The fourth-order valence-electron chi connectivity index (χ4n) is 1.93. The van der Waals surface area contributed by atoms with E-state index in [1.54, 1.807) is 6.07 Å². The summed E-state index contributed by atoms with van der Waals surface area (Å²) in [5, 5.41) is 13.8. The number of phenolic OH excluding ortho intramolecular Hbond substituents is 1. The van der Waals surface area contributed by atoms with Crippen molar-refractivity contribution in [2.45, 2.75) is 25.5 Å². The average molecular weight is 276 g/mol. The molecule has 1 aromatic carbocycles. The third kappa shape index (κ3) is 3.49. The van der Waals surface area contributed by atoms with Crippen LogP contribution in [0.2, 0.25) is 10.0 Å². The molecule has 1 fully saturated rings. The molecule has 2 N–H and O–H groups in total. The quantitative estimate of drug-likeness (QED) is 0.888. The van der Waals surface area contributed by atoms with Gasteiger partial charge in [0.1, 0.15) is 5.75 Å². The van der Waals surface area contributed by atoms with E-state index >= 15 is 0 Å². The van der Waals surface area contributed by atoms with Gasteiger partial charge in [0.25, 0.3) is 0 Å². The highest BCUT2D eigenvalue weighted by Crippen LogP contribution is 2.30. The SMILES string of the molecule is Oc1c(Cl)cc(Cl)cc1CNC[C@H]1CCCO1. The summed E-state index contributed by atoms with van der Waals surface area (Å²) in [7, 11) is 0. The summed E-state index contributed by atoms with van der Waals surface area (Å²) < 4.78 is 5.49. The Morgan fingerprint density at radius 2 is 2.24 bits per heavy atom. The minimum atomic E-state index is 0.0934. The molecule has 0 radical (unpaired) electrons. The van der Waals surface area contributed by atoms with E-state index in [9.17, 15) is 5.11 Å². The molecule has 3 nitrogen and oxygen atoms in total. The van der Waals surface area contributed by atoms with Crippen molar-refractivity contribution in [2.24, 2.45) is 0 Å². The minimum absolute atomic E-state index is 0.0934. The van der Waals surface area contributed by atoms with Gasteiger partial charge in [0.05, 0.1) is 11.1 Å². The van der Waals surface area contributed by atoms with Crippen LogP contribution in [-0.2, 0) is 11.3 Å². The third-order valence-electron chi connectivity index (χ3n) is 2.82. The monoisotopic (exact) mass is 275 g/mol. The van der Waals surface area contributed by atoms with Gasteiger partial charge in [0.15, 0.2) is 0 Å². The first-order chi connectivity index (χ1) is 8.16. The highest BCUT2D eigenvalue weighted by atomic mass is 35.5. The molecule has 0 unspecified atom stereocenters. The van der Waals surface area contributed by atoms with Crippen molar-refractivity contribution < 1.29 is 9.84 Å². The van der Waals surface area contributed by atoms with Crippen molar-refractivity contribution in [2.75, 3.05) is 13.2 Å². The zero-order valence-electron chi connectivity index (χ0n) is 9.38. The lowest BCUT2D eigenvalue weighted by atomic mass is 10.2. The molecule has 0 aromatic heterocycles.